The zero-order chi connectivity index (χ0) is 15.8. The van der Waals surface area contributed by atoms with Crippen molar-refractivity contribution in [3.8, 4) is 0 Å². The number of rotatable bonds is 7. The molecule has 2 amide bonds. The number of hydrogen-bond acceptors (Lipinski definition) is 3. The van der Waals surface area contributed by atoms with Gasteiger partial charge in [-0.15, -0.1) is 0 Å². The molecule has 1 aliphatic heterocycles. The Morgan fingerprint density at radius 1 is 1.19 bits per heavy atom. The van der Waals surface area contributed by atoms with E-state index in [4.69, 9.17) is 5.73 Å². The number of carbonyl (C=O) groups excluding carboxylic acids is 2. The minimum atomic E-state index is 0.0219. The van der Waals surface area contributed by atoms with Crippen LogP contribution in [-0.2, 0) is 9.59 Å². The molecule has 0 bridgehead atoms. The number of amides is 2. The lowest BCUT2D eigenvalue weighted by Crippen LogP contribution is -2.47. The van der Waals surface area contributed by atoms with Gasteiger partial charge in [-0.2, -0.15) is 0 Å². The minimum Gasteiger partial charge on any atom is -0.353 e. The third-order valence-corrected chi connectivity index (χ3v) is 4.23. The summed E-state index contributed by atoms with van der Waals surface area (Å²) >= 11 is 0. The van der Waals surface area contributed by atoms with Crippen molar-refractivity contribution in [3.05, 3.63) is 0 Å². The molecule has 1 saturated heterocycles. The van der Waals surface area contributed by atoms with Crippen molar-refractivity contribution in [2.45, 2.75) is 58.9 Å². The van der Waals surface area contributed by atoms with Gasteiger partial charge in [0.05, 0.1) is 0 Å². The average Bonchev–Trinajstić information content (AvgIpc) is 2.45. The second kappa shape index (κ2) is 9.03. The van der Waals surface area contributed by atoms with E-state index in [0.717, 1.165) is 38.8 Å². The summed E-state index contributed by atoms with van der Waals surface area (Å²) in [6.45, 7) is 8.15. The number of nitrogens with one attached hydrogen (secondary N) is 1. The number of hydrogen-bond donors (Lipinski definition) is 2. The summed E-state index contributed by atoms with van der Waals surface area (Å²) in [7, 11) is 0. The van der Waals surface area contributed by atoms with Crippen molar-refractivity contribution in [3.63, 3.8) is 0 Å². The van der Waals surface area contributed by atoms with Gasteiger partial charge in [0.1, 0.15) is 0 Å². The first-order valence-corrected chi connectivity index (χ1v) is 8.22. The molecule has 0 spiro atoms. The van der Waals surface area contributed by atoms with Crippen LogP contribution in [0.15, 0.2) is 0 Å². The Hall–Kier alpha value is -1.10. The second-order valence-corrected chi connectivity index (χ2v) is 6.54. The lowest BCUT2D eigenvalue weighted by Gasteiger charge is -2.33. The minimum absolute atomic E-state index is 0.0219. The number of nitrogens with zero attached hydrogens (tertiary/aromatic N) is 1. The van der Waals surface area contributed by atoms with Gasteiger partial charge in [-0.05, 0) is 38.1 Å². The van der Waals surface area contributed by atoms with Gasteiger partial charge in [0.2, 0.25) is 11.8 Å². The smallest absolute Gasteiger partial charge is 0.222 e. The Kier molecular flexibility index (Phi) is 7.72. The largest absolute Gasteiger partial charge is 0.353 e. The highest BCUT2D eigenvalue weighted by Crippen LogP contribution is 2.15. The topological polar surface area (TPSA) is 75.4 Å². The van der Waals surface area contributed by atoms with Gasteiger partial charge in [0.25, 0.3) is 0 Å². The van der Waals surface area contributed by atoms with E-state index in [-0.39, 0.29) is 23.8 Å². The molecule has 0 aromatic heterocycles. The third-order valence-electron chi connectivity index (χ3n) is 4.23. The molecule has 5 heteroatoms. The Morgan fingerprint density at radius 2 is 1.81 bits per heavy atom. The Bertz CT molecular complexity index is 336. The van der Waals surface area contributed by atoms with Crippen molar-refractivity contribution >= 4 is 11.8 Å². The number of carbonyl (C=O) groups is 2. The predicted molar refractivity (Wildman–Crippen MR) is 84.7 cm³/mol. The number of nitrogens with two attached hydrogens (primary N) is 1. The normalized spacial score (nSPS) is 17.9. The maximum Gasteiger partial charge on any atom is 0.222 e. The van der Waals surface area contributed by atoms with Gasteiger partial charge in [-0.25, -0.2) is 0 Å². The van der Waals surface area contributed by atoms with Crippen LogP contribution in [0.3, 0.4) is 0 Å². The van der Waals surface area contributed by atoms with E-state index in [0.29, 0.717) is 18.9 Å². The average molecular weight is 297 g/mol. The quantitative estimate of drug-likeness (QED) is 0.748. The molecule has 0 saturated carbocycles. The molecule has 122 valence electrons. The summed E-state index contributed by atoms with van der Waals surface area (Å²) < 4.78 is 0. The number of likely N-dealkylation sites (tertiary alicyclic amines) is 1. The van der Waals surface area contributed by atoms with Crippen LogP contribution in [-0.4, -0.2) is 42.4 Å². The number of piperidine rings is 1. The molecule has 1 heterocycles. The molecule has 1 fully saturated rings. The molecule has 1 unspecified atom stereocenters. The van der Waals surface area contributed by atoms with Gasteiger partial charge < -0.3 is 16.0 Å². The Balaban J connectivity index is 2.26. The summed E-state index contributed by atoms with van der Waals surface area (Å²) in [5, 5.41) is 3.05. The first kappa shape index (κ1) is 18.0. The fourth-order valence-corrected chi connectivity index (χ4v) is 2.60. The first-order chi connectivity index (χ1) is 9.93. The molecular weight excluding hydrogens is 266 g/mol. The van der Waals surface area contributed by atoms with Crippen LogP contribution in [0.2, 0.25) is 0 Å². The molecule has 0 aliphatic carbocycles. The second-order valence-electron chi connectivity index (χ2n) is 6.54. The molecule has 1 rings (SSSR count). The van der Waals surface area contributed by atoms with Crippen LogP contribution in [0.1, 0.15) is 52.9 Å². The lowest BCUT2D eigenvalue weighted by atomic mass is 10.00. The van der Waals surface area contributed by atoms with Gasteiger partial charge in [0.15, 0.2) is 0 Å². The van der Waals surface area contributed by atoms with Crippen molar-refractivity contribution in [1.29, 1.82) is 0 Å². The maximum atomic E-state index is 12.2. The van der Waals surface area contributed by atoms with Crippen LogP contribution in [0.25, 0.3) is 0 Å². The summed E-state index contributed by atoms with van der Waals surface area (Å²) in [5.41, 5.74) is 5.52. The zero-order valence-corrected chi connectivity index (χ0v) is 13.7. The molecule has 5 nitrogen and oxygen atoms in total. The van der Waals surface area contributed by atoms with Crippen LogP contribution in [0.5, 0.6) is 0 Å². The molecule has 3 N–H and O–H groups in total. The molecule has 0 radical (unpaired) electrons. The van der Waals surface area contributed by atoms with Crippen molar-refractivity contribution in [2.24, 2.45) is 17.6 Å². The van der Waals surface area contributed by atoms with Gasteiger partial charge >= 0.3 is 0 Å². The highest BCUT2D eigenvalue weighted by atomic mass is 16.2. The maximum absolute atomic E-state index is 12.2. The van der Waals surface area contributed by atoms with Gasteiger partial charge in [0, 0.05) is 31.5 Å². The van der Waals surface area contributed by atoms with Crippen LogP contribution in [0, 0.1) is 11.8 Å². The van der Waals surface area contributed by atoms with E-state index in [1.807, 2.05) is 18.7 Å². The summed E-state index contributed by atoms with van der Waals surface area (Å²) in [6, 6.07) is 0.222. The molecular formula is C16H31N3O2. The summed E-state index contributed by atoms with van der Waals surface area (Å²) in [4.78, 5) is 25.8. The highest BCUT2D eigenvalue weighted by Gasteiger charge is 2.24. The van der Waals surface area contributed by atoms with E-state index in [1.165, 1.54) is 0 Å². The summed E-state index contributed by atoms with van der Waals surface area (Å²) in [6.07, 6.45) is 4.24. The Morgan fingerprint density at radius 3 is 2.33 bits per heavy atom. The van der Waals surface area contributed by atoms with Crippen LogP contribution in [0.4, 0.5) is 0 Å². The van der Waals surface area contributed by atoms with E-state index in [1.54, 1.807) is 0 Å². The first-order valence-electron chi connectivity index (χ1n) is 8.22. The van der Waals surface area contributed by atoms with E-state index < -0.39 is 0 Å². The third kappa shape index (κ3) is 6.46. The van der Waals surface area contributed by atoms with Crippen molar-refractivity contribution < 1.29 is 9.59 Å². The standard InChI is InChI=1S/C16H31N3O2/c1-12(2)16(21)18-14-7-10-19(11-8-14)15(20)5-4-13(3)6-9-17/h12-14H,4-11,17H2,1-3H3,(H,18,21). The molecule has 1 atom stereocenters. The van der Waals surface area contributed by atoms with Crippen molar-refractivity contribution in [2.75, 3.05) is 19.6 Å². The van der Waals surface area contributed by atoms with E-state index in [2.05, 4.69) is 12.2 Å². The molecule has 0 aromatic rings. The fraction of sp³-hybridized carbons (Fsp3) is 0.875. The van der Waals surface area contributed by atoms with E-state index >= 15 is 0 Å². The van der Waals surface area contributed by atoms with Crippen LogP contribution >= 0.6 is 0 Å². The molecule has 21 heavy (non-hydrogen) atoms. The van der Waals surface area contributed by atoms with Crippen LogP contribution < -0.4 is 11.1 Å². The van der Waals surface area contributed by atoms with E-state index in [9.17, 15) is 9.59 Å². The SMILES string of the molecule is CC(CCN)CCC(=O)N1CCC(NC(=O)C(C)C)CC1. The predicted octanol–water partition coefficient (Wildman–Crippen LogP) is 1.51. The van der Waals surface area contributed by atoms with Crippen molar-refractivity contribution in [1.82, 2.24) is 10.2 Å². The monoisotopic (exact) mass is 297 g/mol. The molecule has 1 aliphatic rings. The molecule has 0 aromatic carbocycles. The lowest BCUT2D eigenvalue weighted by molar-refractivity contribution is -0.132. The summed E-state index contributed by atoms with van der Waals surface area (Å²) in [5.74, 6) is 0.887. The van der Waals surface area contributed by atoms with Gasteiger partial charge in [-0.3, -0.25) is 9.59 Å². The highest BCUT2D eigenvalue weighted by molar-refractivity contribution is 5.78. The zero-order valence-electron chi connectivity index (χ0n) is 13.7. The fourth-order valence-electron chi connectivity index (χ4n) is 2.60. The Labute approximate surface area is 128 Å². The van der Waals surface area contributed by atoms with Gasteiger partial charge in [-0.1, -0.05) is 20.8 Å².